The van der Waals surface area contributed by atoms with Gasteiger partial charge in [0.15, 0.2) is 24.5 Å². The van der Waals surface area contributed by atoms with Crippen LogP contribution in [0.25, 0.3) is 10.9 Å². The van der Waals surface area contributed by atoms with E-state index in [1.165, 1.54) is 0 Å². The molecule has 1 atom stereocenters. The Balaban J connectivity index is 1.93. The molecule has 0 radical (unpaired) electrons. The van der Waals surface area contributed by atoms with Crippen LogP contribution in [0.4, 0.5) is 0 Å². The standard InChI is InChI=1S/C22H24ClN2O3/c1-4-22(27,21(26)28-5-2)18-10-11-25(13-15(18)3)14-17-12-16-8-6-7-9-19(16)24-20(17)23/h6-13,27H,4-5,14H2,1-3H3/q+1/t22-/m0/s1. The molecule has 2 heterocycles. The minimum atomic E-state index is -1.65. The number of carbonyl (C=O) groups excluding carboxylic acids is 1. The van der Waals surface area contributed by atoms with E-state index >= 15 is 0 Å². The van der Waals surface area contributed by atoms with Crippen LogP contribution in [0, 0.1) is 6.92 Å². The van der Waals surface area contributed by atoms with Crippen molar-refractivity contribution in [2.45, 2.75) is 39.3 Å². The summed E-state index contributed by atoms with van der Waals surface area (Å²) in [5.74, 6) is -0.625. The molecule has 2 aromatic heterocycles. The van der Waals surface area contributed by atoms with Gasteiger partial charge in [-0.3, -0.25) is 0 Å². The molecule has 3 rings (SSSR count). The second-order valence-electron chi connectivity index (χ2n) is 6.78. The molecule has 3 aromatic rings. The first-order chi connectivity index (χ1) is 13.4. The van der Waals surface area contributed by atoms with Gasteiger partial charge in [-0.25, -0.2) is 14.3 Å². The summed E-state index contributed by atoms with van der Waals surface area (Å²) in [6.45, 7) is 6.10. The Bertz CT molecular complexity index is 1020. The van der Waals surface area contributed by atoms with Gasteiger partial charge in [0.1, 0.15) is 5.15 Å². The number of pyridine rings is 2. The third-order valence-electron chi connectivity index (χ3n) is 4.89. The zero-order valence-electron chi connectivity index (χ0n) is 16.3. The highest BCUT2D eigenvalue weighted by Gasteiger charge is 2.39. The number of benzene rings is 1. The quantitative estimate of drug-likeness (QED) is 0.390. The molecule has 0 bridgehead atoms. The number of fused-ring (bicyclic) bond motifs is 1. The second kappa shape index (κ2) is 8.25. The minimum Gasteiger partial charge on any atom is -0.464 e. The Morgan fingerprint density at radius 2 is 2.04 bits per heavy atom. The third kappa shape index (κ3) is 3.86. The van der Waals surface area contributed by atoms with Gasteiger partial charge >= 0.3 is 5.97 Å². The third-order valence-corrected chi connectivity index (χ3v) is 5.22. The van der Waals surface area contributed by atoms with Crippen molar-refractivity contribution in [1.82, 2.24) is 4.98 Å². The van der Waals surface area contributed by atoms with E-state index < -0.39 is 11.6 Å². The normalized spacial score (nSPS) is 13.3. The van der Waals surface area contributed by atoms with Crippen LogP contribution in [-0.2, 0) is 21.7 Å². The van der Waals surface area contributed by atoms with Crippen LogP contribution in [0.5, 0.6) is 0 Å². The summed E-state index contributed by atoms with van der Waals surface area (Å²) in [5, 5.41) is 12.4. The Labute approximate surface area is 169 Å². The molecule has 0 saturated carbocycles. The van der Waals surface area contributed by atoms with Gasteiger partial charge in [-0.1, -0.05) is 36.7 Å². The molecular weight excluding hydrogens is 376 g/mol. The second-order valence-corrected chi connectivity index (χ2v) is 7.14. The van der Waals surface area contributed by atoms with Crippen LogP contribution in [0.1, 0.15) is 37.0 Å². The molecule has 0 aliphatic heterocycles. The lowest BCUT2D eigenvalue weighted by Gasteiger charge is -2.25. The Morgan fingerprint density at radius 3 is 2.71 bits per heavy atom. The van der Waals surface area contributed by atoms with Gasteiger partial charge in [0.05, 0.1) is 17.7 Å². The minimum absolute atomic E-state index is 0.223. The number of hydrogen-bond acceptors (Lipinski definition) is 4. The monoisotopic (exact) mass is 399 g/mol. The highest BCUT2D eigenvalue weighted by atomic mass is 35.5. The van der Waals surface area contributed by atoms with Crippen LogP contribution < -0.4 is 4.57 Å². The molecule has 0 aliphatic carbocycles. The van der Waals surface area contributed by atoms with Crippen molar-refractivity contribution in [2.75, 3.05) is 6.61 Å². The summed E-state index contributed by atoms with van der Waals surface area (Å²) >= 11 is 6.37. The zero-order valence-corrected chi connectivity index (χ0v) is 17.0. The van der Waals surface area contributed by atoms with Crippen molar-refractivity contribution < 1.29 is 19.2 Å². The molecular formula is C22H24ClN2O3+. The number of aromatic nitrogens is 2. The molecule has 1 N–H and O–H groups in total. The molecule has 0 fully saturated rings. The van der Waals surface area contributed by atoms with E-state index in [0.717, 1.165) is 22.0 Å². The number of para-hydroxylation sites is 1. The van der Waals surface area contributed by atoms with E-state index in [0.29, 0.717) is 17.3 Å². The average molecular weight is 400 g/mol. The fraction of sp³-hybridized carbons (Fsp3) is 0.318. The van der Waals surface area contributed by atoms with Crippen molar-refractivity contribution >= 4 is 28.5 Å². The summed E-state index contributed by atoms with van der Waals surface area (Å²) in [5.41, 5.74) is 1.45. The SMILES string of the molecule is CCOC(=O)[C@](O)(CC)c1cc[n+](Cc2cc3ccccc3nc2Cl)cc1C. The lowest BCUT2D eigenvalue weighted by molar-refractivity contribution is -0.688. The average Bonchev–Trinajstić information content (AvgIpc) is 2.68. The lowest BCUT2D eigenvalue weighted by atomic mass is 9.89. The van der Waals surface area contributed by atoms with E-state index in [1.54, 1.807) is 19.9 Å². The molecule has 0 amide bonds. The summed E-state index contributed by atoms with van der Waals surface area (Å²) in [6.07, 6.45) is 3.95. The first-order valence-corrected chi connectivity index (χ1v) is 9.70. The van der Waals surface area contributed by atoms with E-state index in [2.05, 4.69) is 4.98 Å². The first kappa shape index (κ1) is 20.2. The molecule has 1 aromatic carbocycles. The first-order valence-electron chi connectivity index (χ1n) is 9.33. The molecule has 5 nitrogen and oxygen atoms in total. The number of nitrogens with zero attached hydrogens (tertiary/aromatic N) is 2. The summed E-state index contributed by atoms with van der Waals surface area (Å²) in [4.78, 5) is 16.7. The number of hydrogen-bond donors (Lipinski definition) is 1. The number of rotatable bonds is 6. The van der Waals surface area contributed by atoms with Crippen LogP contribution >= 0.6 is 11.6 Å². The largest absolute Gasteiger partial charge is 0.464 e. The van der Waals surface area contributed by atoms with Gasteiger partial charge in [0.25, 0.3) is 0 Å². The smallest absolute Gasteiger partial charge is 0.342 e. The fourth-order valence-electron chi connectivity index (χ4n) is 3.36. The van der Waals surface area contributed by atoms with Crippen molar-refractivity contribution in [3.63, 3.8) is 0 Å². The van der Waals surface area contributed by atoms with Gasteiger partial charge < -0.3 is 9.84 Å². The van der Waals surface area contributed by atoms with E-state index in [1.807, 2.05) is 54.2 Å². The van der Waals surface area contributed by atoms with Gasteiger partial charge in [-0.05, 0) is 32.4 Å². The Kier molecular flexibility index (Phi) is 5.96. The van der Waals surface area contributed by atoms with Gasteiger partial charge in [-0.2, -0.15) is 0 Å². The van der Waals surface area contributed by atoms with Crippen molar-refractivity contribution in [2.24, 2.45) is 0 Å². The molecule has 6 heteroatoms. The highest BCUT2D eigenvalue weighted by molar-refractivity contribution is 6.30. The zero-order chi connectivity index (χ0) is 20.3. The number of esters is 1. The molecule has 0 unspecified atom stereocenters. The summed E-state index contributed by atoms with van der Waals surface area (Å²) in [6, 6.07) is 11.6. The summed E-state index contributed by atoms with van der Waals surface area (Å²) < 4.78 is 7.02. The number of ether oxygens (including phenoxy) is 1. The number of aliphatic hydroxyl groups is 1. The maximum atomic E-state index is 12.3. The van der Waals surface area contributed by atoms with E-state index in [9.17, 15) is 9.90 Å². The maximum absolute atomic E-state index is 12.3. The molecule has 146 valence electrons. The molecule has 0 aliphatic rings. The van der Waals surface area contributed by atoms with Crippen molar-refractivity contribution in [1.29, 1.82) is 0 Å². The Hall–Kier alpha value is -2.50. The topological polar surface area (TPSA) is 63.3 Å². The van der Waals surface area contributed by atoms with Crippen LogP contribution in [0.15, 0.2) is 48.8 Å². The highest BCUT2D eigenvalue weighted by Crippen LogP contribution is 2.28. The lowest BCUT2D eigenvalue weighted by Crippen LogP contribution is -2.40. The van der Waals surface area contributed by atoms with Crippen LogP contribution in [-0.4, -0.2) is 22.7 Å². The van der Waals surface area contributed by atoms with Crippen LogP contribution in [0.2, 0.25) is 5.15 Å². The number of halogens is 1. The van der Waals surface area contributed by atoms with Crippen molar-refractivity contribution in [3.8, 4) is 0 Å². The summed E-state index contributed by atoms with van der Waals surface area (Å²) in [7, 11) is 0. The van der Waals surface area contributed by atoms with Crippen molar-refractivity contribution in [3.05, 3.63) is 70.6 Å². The van der Waals surface area contributed by atoms with E-state index in [4.69, 9.17) is 16.3 Å². The number of aryl methyl sites for hydroxylation is 1. The van der Waals surface area contributed by atoms with Gasteiger partial charge in [-0.15, -0.1) is 0 Å². The molecule has 28 heavy (non-hydrogen) atoms. The maximum Gasteiger partial charge on any atom is 0.342 e. The molecule has 0 spiro atoms. The molecule has 0 saturated heterocycles. The van der Waals surface area contributed by atoms with E-state index in [-0.39, 0.29) is 13.0 Å². The predicted octanol–water partition coefficient (Wildman–Crippen LogP) is 3.69. The van der Waals surface area contributed by atoms with Gasteiger partial charge in [0.2, 0.25) is 0 Å². The fourth-order valence-corrected chi connectivity index (χ4v) is 3.57. The Morgan fingerprint density at radius 1 is 1.29 bits per heavy atom. The van der Waals surface area contributed by atoms with Crippen LogP contribution in [0.3, 0.4) is 0 Å². The number of carbonyl (C=O) groups is 1. The predicted molar refractivity (Wildman–Crippen MR) is 108 cm³/mol. The van der Waals surface area contributed by atoms with Gasteiger partial charge in [0, 0.05) is 22.6 Å².